The SMILES string of the molecule is C=C1C(=O)O[C@H]2[C@@H]1[C@H](OC(C)=O)C([C@@H](C)CCCOC(C)=O)=C(C)[C@H]2N=[N+]=[N-]. The molecule has 1 fully saturated rings. The van der Waals surface area contributed by atoms with Gasteiger partial charge < -0.3 is 14.2 Å². The molecule has 0 aromatic heterocycles. The first-order chi connectivity index (χ1) is 13.2. The second-order valence-electron chi connectivity index (χ2n) is 7.12. The third kappa shape index (κ3) is 4.36. The van der Waals surface area contributed by atoms with Crippen LogP contribution in [0.3, 0.4) is 0 Å². The van der Waals surface area contributed by atoms with Crippen molar-refractivity contribution >= 4 is 17.9 Å². The highest BCUT2D eigenvalue weighted by Gasteiger charge is 2.54. The van der Waals surface area contributed by atoms with Crippen molar-refractivity contribution in [2.75, 3.05) is 6.61 Å². The lowest BCUT2D eigenvalue weighted by atomic mass is 9.71. The summed E-state index contributed by atoms with van der Waals surface area (Å²) in [6.45, 7) is 10.5. The highest BCUT2D eigenvalue weighted by atomic mass is 16.6. The molecule has 2 rings (SSSR count). The third-order valence-corrected chi connectivity index (χ3v) is 5.19. The predicted octanol–water partition coefficient (Wildman–Crippen LogP) is 3.00. The van der Waals surface area contributed by atoms with Crippen LogP contribution in [-0.2, 0) is 28.6 Å². The van der Waals surface area contributed by atoms with Crippen LogP contribution in [0.5, 0.6) is 0 Å². The number of nitrogens with zero attached hydrogens (tertiary/aromatic N) is 3. The van der Waals surface area contributed by atoms with Gasteiger partial charge in [0.1, 0.15) is 12.2 Å². The highest BCUT2D eigenvalue weighted by molar-refractivity contribution is 5.91. The number of ether oxygens (including phenoxy) is 3. The monoisotopic (exact) mass is 391 g/mol. The molecule has 0 unspecified atom stereocenters. The maximum atomic E-state index is 12.1. The van der Waals surface area contributed by atoms with Crippen molar-refractivity contribution in [3.63, 3.8) is 0 Å². The summed E-state index contributed by atoms with van der Waals surface area (Å²) >= 11 is 0. The van der Waals surface area contributed by atoms with Crippen molar-refractivity contribution in [3.05, 3.63) is 33.7 Å². The van der Waals surface area contributed by atoms with Crippen molar-refractivity contribution in [2.45, 2.75) is 58.8 Å². The van der Waals surface area contributed by atoms with E-state index >= 15 is 0 Å². The molecule has 152 valence electrons. The summed E-state index contributed by atoms with van der Waals surface area (Å²) in [5, 5.41) is 3.84. The van der Waals surface area contributed by atoms with Crippen LogP contribution >= 0.6 is 0 Å². The van der Waals surface area contributed by atoms with Crippen molar-refractivity contribution in [2.24, 2.45) is 17.0 Å². The van der Waals surface area contributed by atoms with Crippen LogP contribution in [0.1, 0.15) is 40.5 Å². The fraction of sp³-hybridized carbons (Fsp3) is 0.632. The molecule has 0 N–H and O–H groups in total. The van der Waals surface area contributed by atoms with Gasteiger partial charge in [-0.1, -0.05) is 24.2 Å². The van der Waals surface area contributed by atoms with Crippen LogP contribution in [0.4, 0.5) is 0 Å². The van der Waals surface area contributed by atoms with Gasteiger partial charge in [-0.25, -0.2) is 4.79 Å². The van der Waals surface area contributed by atoms with Crippen LogP contribution in [0.25, 0.3) is 10.4 Å². The van der Waals surface area contributed by atoms with E-state index in [1.807, 2.05) is 6.92 Å². The molecule has 0 saturated carbocycles. The normalized spacial score (nSPS) is 27.4. The van der Waals surface area contributed by atoms with Gasteiger partial charge in [0.15, 0.2) is 0 Å². The standard InChI is InChI=1S/C19H25N3O6/c1-9(7-6-8-26-12(4)23)14-10(2)16(21-22-20)18-15(11(3)19(25)28-18)17(14)27-13(5)24/h9,15-18H,3,6-8H2,1-2,4-5H3/t9-,15-,16+,17+,18-/m0/s1. The van der Waals surface area contributed by atoms with Crippen LogP contribution in [-0.4, -0.2) is 42.8 Å². The minimum Gasteiger partial charge on any atom is -0.466 e. The number of rotatable bonds is 7. The zero-order valence-electron chi connectivity index (χ0n) is 16.5. The Labute approximate surface area is 163 Å². The lowest BCUT2D eigenvalue weighted by molar-refractivity contribution is -0.149. The van der Waals surface area contributed by atoms with Gasteiger partial charge >= 0.3 is 17.9 Å². The van der Waals surface area contributed by atoms with Gasteiger partial charge in [0.05, 0.1) is 18.6 Å². The molecule has 0 radical (unpaired) electrons. The topological polar surface area (TPSA) is 128 Å². The molecule has 0 bridgehead atoms. The van der Waals surface area contributed by atoms with Crippen molar-refractivity contribution in [3.8, 4) is 0 Å². The van der Waals surface area contributed by atoms with E-state index in [0.717, 1.165) is 5.57 Å². The number of carbonyl (C=O) groups excluding carboxylic acids is 3. The number of carbonyl (C=O) groups is 3. The van der Waals surface area contributed by atoms with Gasteiger partial charge in [-0.05, 0) is 36.8 Å². The predicted molar refractivity (Wildman–Crippen MR) is 98.7 cm³/mol. The first kappa shape index (κ1) is 21.5. The molecule has 2 aliphatic rings. The minimum absolute atomic E-state index is 0.0687. The van der Waals surface area contributed by atoms with Gasteiger partial charge in [-0.15, -0.1) is 0 Å². The molecule has 1 saturated heterocycles. The summed E-state index contributed by atoms with van der Waals surface area (Å²) in [5.74, 6) is -2.10. The van der Waals surface area contributed by atoms with Gasteiger partial charge in [0, 0.05) is 24.3 Å². The van der Waals surface area contributed by atoms with E-state index in [1.165, 1.54) is 13.8 Å². The molecule has 0 aromatic rings. The summed E-state index contributed by atoms with van der Waals surface area (Å²) in [6, 6.07) is -0.698. The van der Waals surface area contributed by atoms with Crippen LogP contribution in [0.15, 0.2) is 28.4 Å². The first-order valence-corrected chi connectivity index (χ1v) is 9.14. The van der Waals surface area contributed by atoms with Crippen molar-refractivity contribution < 1.29 is 28.6 Å². The second kappa shape index (κ2) is 8.93. The van der Waals surface area contributed by atoms with E-state index in [0.29, 0.717) is 18.4 Å². The summed E-state index contributed by atoms with van der Waals surface area (Å²) < 4.78 is 16.0. The van der Waals surface area contributed by atoms with E-state index in [9.17, 15) is 14.4 Å². The molecule has 1 heterocycles. The zero-order valence-corrected chi connectivity index (χ0v) is 16.5. The third-order valence-electron chi connectivity index (χ3n) is 5.19. The maximum Gasteiger partial charge on any atom is 0.334 e. The molecule has 9 nitrogen and oxygen atoms in total. The Morgan fingerprint density at radius 3 is 2.61 bits per heavy atom. The number of hydrogen-bond acceptors (Lipinski definition) is 7. The molecule has 5 atom stereocenters. The van der Waals surface area contributed by atoms with Gasteiger partial charge in [0.25, 0.3) is 0 Å². The maximum absolute atomic E-state index is 12.1. The first-order valence-electron chi connectivity index (χ1n) is 9.14. The zero-order chi connectivity index (χ0) is 21.0. The number of azide groups is 1. The molecule has 0 spiro atoms. The Hall–Kier alpha value is -2.80. The van der Waals surface area contributed by atoms with E-state index < -0.39 is 36.1 Å². The summed E-state index contributed by atoms with van der Waals surface area (Å²) in [5.41, 5.74) is 10.7. The Morgan fingerprint density at radius 2 is 2.04 bits per heavy atom. The Balaban J connectivity index is 2.40. The van der Waals surface area contributed by atoms with Crippen LogP contribution in [0, 0.1) is 11.8 Å². The summed E-state index contributed by atoms with van der Waals surface area (Å²) in [7, 11) is 0. The van der Waals surface area contributed by atoms with E-state index in [2.05, 4.69) is 16.6 Å². The number of hydrogen-bond donors (Lipinski definition) is 0. The van der Waals surface area contributed by atoms with E-state index in [4.69, 9.17) is 19.7 Å². The molecular formula is C19H25N3O6. The molecule has 9 heteroatoms. The number of fused-ring (bicyclic) bond motifs is 1. The van der Waals surface area contributed by atoms with Gasteiger partial charge in [0.2, 0.25) is 0 Å². The quantitative estimate of drug-likeness (QED) is 0.0959. The Kier molecular flexibility index (Phi) is 6.85. The van der Waals surface area contributed by atoms with Gasteiger partial charge in [-0.2, -0.15) is 0 Å². The minimum atomic E-state index is -0.753. The Morgan fingerprint density at radius 1 is 1.36 bits per heavy atom. The fourth-order valence-electron chi connectivity index (χ4n) is 4.01. The average molecular weight is 391 g/mol. The second-order valence-corrected chi connectivity index (χ2v) is 7.12. The fourth-order valence-corrected chi connectivity index (χ4v) is 4.01. The molecule has 1 aliphatic carbocycles. The highest BCUT2D eigenvalue weighted by Crippen LogP contribution is 2.46. The summed E-state index contributed by atoms with van der Waals surface area (Å²) in [4.78, 5) is 37.7. The van der Waals surface area contributed by atoms with Crippen molar-refractivity contribution in [1.82, 2.24) is 0 Å². The lowest BCUT2D eigenvalue weighted by Crippen LogP contribution is -2.46. The van der Waals surface area contributed by atoms with Crippen LogP contribution < -0.4 is 0 Å². The largest absolute Gasteiger partial charge is 0.466 e. The molecule has 28 heavy (non-hydrogen) atoms. The van der Waals surface area contributed by atoms with Crippen LogP contribution in [0.2, 0.25) is 0 Å². The molecule has 1 aliphatic heterocycles. The van der Waals surface area contributed by atoms with E-state index in [-0.39, 0.29) is 24.1 Å². The Bertz CT molecular complexity index is 768. The van der Waals surface area contributed by atoms with E-state index in [1.54, 1.807) is 6.92 Å². The number of esters is 3. The van der Waals surface area contributed by atoms with Crippen molar-refractivity contribution in [1.29, 1.82) is 0 Å². The molecular weight excluding hydrogens is 366 g/mol. The lowest BCUT2D eigenvalue weighted by Gasteiger charge is -2.40. The van der Waals surface area contributed by atoms with Gasteiger partial charge in [-0.3, -0.25) is 9.59 Å². The average Bonchev–Trinajstić information content (AvgIpc) is 2.89. The molecule has 0 amide bonds. The smallest absolute Gasteiger partial charge is 0.334 e. The summed E-state index contributed by atoms with van der Waals surface area (Å²) in [6.07, 6.45) is -0.215. The molecule has 0 aromatic carbocycles.